The molecule has 1 saturated carbocycles. The smallest absolute Gasteiger partial charge is 0.251 e. The summed E-state index contributed by atoms with van der Waals surface area (Å²) in [5.41, 5.74) is 6.95. The molecule has 17 heavy (non-hydrogen) atoms. The van der Waals surface area contributed by atoms with Gasteiger partial charge in [0.05, 0.1) is 0 Å². The van der Waals surface area contributed by atoms with Gasteiger partial charge in [-0.15, -0.1) is 0 Å². The van der Waals surface area contributed by atoms with E-state index in [-0.39, 0.29) is 5.91 Å². The maximum absolute atomic E-state index is 12.0. The number of anilines is 1. The van der Waals surface area contributed by atoms with Gasteiger partial charge in [-0.25, -0.2) is 0 Å². The summed E-state index contributed by atoms with van der Waals surface area (Å²) in [6.45, 7) is 2.12. The Kier molecular flexibility index (Phi) is 3.67. The van der Waals surface area contributed by atoms with Gasteiger partial charge in [0.15, 0.2) is 0 Å². The molecular formula is C14H20N2O. The van der Waals surface area contributed by atoms with Gasteiger partial charge >= 0.3 is 0 Å². The van der Waals surface area contributed by atoms with Crippen LogP contribution < -0.4 is 11.1 Å². The average Bonchev–Trinajstić information content (AvgIpc) is 3.12. The molecule has 0 spiro atoms. The fraction of sp³-hybridized carbons (Fsp3) is 0.500. The minimum Gasteiger partial charge on any atom is -0.399 e. The molecule has 3 nitrogen and oxygen atoms in total. The van der Waals surface area contributed by atoms with Crippen molar-refractivity contribution in [3.8, 4) is 0 Å². The lowest BCUT2D eigenvalue weighted by Gasteiger charge is -2.16. The lowest BCUT2D eigenvalue weighted by atomic mass is 10.1. The normalized spacial score (nSPS) is 16.5. The molecule has 92 valence electrons. The van der Waals surface area contributed by atoms with Crippen LogP contribution in [0, 0.1) is 5.92 Å². The van der Waals surface area contributed by atoms with Crippen molar-refractivity contribution in [2.45, 2.75) is 38.6 Å². The van der Waals surface area contributed by atoms with Crippen LogP contribution in [0.4, 0.5) is 5.69 Å². The Morgan fingerprint density at radius 3 is 2.88 bits per heavy atom. The predicted molar refractivity (Wildman–Crippen MR) is 69.7 cm³/mol. The second kappa shape index (κ2) is 5.21. The summed E-state index contributed by atoms with van der Waals surface area (Å²) >= 11 is 0. The van der Waals surface area contributed by atoms with E-state index < -0.39 is 0 Å². The van der Waals surface area contributed by atoms with E-state index in [1.807, 2.05) is 6.07 Å². The Hall–Kier alpha value is -1.51. The van der Waals surface area contributed by atoms with E-state index in [1.165, 1.54) is 12.8 Å². The van der Waals surface area contributed by atoms with Gasteiger partial charge in [0.25, 0.3) is 5.91 Å². The Labute approximate surface area is 102 Å². The highest BCUT2D eigenvalue weighted by atomic mass is 16.1. The second-order valence-electron chi connectivity index (χ2n) is 4.88. The molecule has 1 aliphatic carbocycles. The summed E-state index contributed by atoms with van der Waals surface area (Å²) in [7, 11) is 0. The first-order valence-electron chi connectivity index (χ1n) is 6.35. The first kappa shape index (κ1) is 12.0. The highest BCUT2D eigenvalue weighted by Crippen LogP contribution is 2.34. The van der Waals surface area contributed by atoms with Crippen molar-refractivity contribution in [1.29, 1.82) is 0 Å². The Balaban J connectivity index is 1.94. The summed E-state index contributed by atoms with van der Waals surface area (Å²) in [4.78, 5) is 12.0. The quantitative estimate of drug-likeness (QED) is 0.767. The molecule has 1 aliphatic rings. The van der Waals surface area contributed by atoms with Crippen LogP contribution in [0.25, 0.3) is 0 Å². The molecule has 1 amide bonds. The lowest BCUT2D eigenvalue weighted by Crippen LogP contribution is -2.34. The predicted octanol–water partition coefficient (Wildman–Crippen LogP) is 2.58. The molecule has 0 radical (unpaired) electrons. The Morgan fingerprint density at radius 2 is 2.29 bits per heavy atom. The van der Waals surface area contributed by atoms with Crippen LogP contribution in [-0.4, -0.2) is 11.9 Å². The van der Waals surface area contributed by atoms with E-state index in [1.54, 1.807) is 18.2 Å². The Morgan fingerprint density at radius 1 is 1.53 bits per heavy atom. The number of hydrogen-bond donors (Lipinski definition) is 2. The molecule has 1 aromatic carbocycles. The fourth-order valence-electron chi connectivity index (χ4n) is 2.03. The number of rotatable bonds is 5. The molecule has 0 bridgehead atoms. The number of hydrogen-bond acceptors (Lipinski definition) is 2. The van der Waals surface area contributed by atoms with Crippen LogP contribution >= 0.6 is 0 Å². The van der Waals surface area contributed by atoms with Gasteiger partial charge < -0.3 is 11.1 Å². The zero-order valence-electron chi connectivity index (χ0n) is 10.3. The van der Waals surface area contributed by atoms with Crippen LogP contribution in [0.2, 0.25) is 0 Å². The third-order valence-electron chi connectivity index (χ3n) is 3.29. The van der Waals surface area contributed by atoms with E-state index in [0.29, 0.717) is 17.3 Å². The van der Waals surface area contributed by atoms with E-state index in [4.69, 9.17) is 5.73 Å². The first-order valence-corrected chi connectivity index (χ1v) is 6.35. The molecule has 3 heteroatoms. The number of nitrogen functional groups attached to an aromatic ring is 1. The molecule has 1 atom stereocenters. The maximum Gasteiger partial charge on any atom is 0.251 e. The van der Waals surface area contributed by atoms with Crippen LogP contribution in [-0.2, 0) is 0 Å². The summed E-state index contributed by atoms with van der Waals surface area (Å²) < 4.78 is 0. The van der Waals surface area contributed by atoms with Crippen molar-refractivity contribution in [1.82, 2.24) is 5.32 Å². The van der Waals surface area contributed by atoms with Crippen molar-refractivity contribution < 1.29 is 4.79 Å². The average molecular weight is 232 g/mol. The molecule has 2 rings (SSSR count). The van der Waals surface area contributed by atoms with Gasteiger partial charge in [-0.2, -0.15) is 0 Å². The molecule has 1 aromatic rings. The van der Waals surface area contributed by atoms with Crippen LogP contribution in [0.5, 0.6) is 0 Å². The minimum absolute atomic E-state index is 0.00944. The maximum atomic E-state index is 12.0. The highest BCUT2D eigenvalue weighted by Gasteiger charge is 2.25. The van der Waals surface area contributed by atoms with Crippen molar-refractivity contribution in [3.63, 3.8) is 0 Å². The van der Waals surface area contributed by atoms with E-state index in [2.05, 4.69) is 12.2 Å². The van der Waals surface area contributed by atoms with Gasteiger partial charge in [-0.1, -0.05) is 25.8 Å². The SMILES string of the molecule is CCC(CC1CC1)NC(=O)c1cccc(N)c1. The zero-order chi connectivity index (χ0) is 12.3. The fourth-order valence-corrected chi connectivity index (χ4v) is 2.03. The number of nitrogens with one attached hydrogen (secondary N) is 1. The van der Waals surface area contributed by atoms with Crippen LogP contribution in [0.15, 0.2) is 24.3 Å². The van der Waals surface area contributed by atoms with Crippen LogP contribution in [0.1, 0.15) is 43.0 Å². The van der Waals surface area contributed by atoms with E-state index in [9.17, 15) is 4.79 Å². The third-order valence-corrected chi connectivity index (χ3v) is 3.29. The first-order chi connectivity index (χ1) is 8.19. The third kappa shape index (κ3) is 3.48. The minimum atomic E-state index is -0.00944. The summed E-state index contributed by atoms with van der Waals surface area (Å²) in [6.07, 6.45) is 4.75. The van der Waals surface area contributed by atoms with Gasteiger partial charge in [-0.3, -0.25) is 4.79 Å². The standard InChI is InChI=1S/C14H20N2O/c1-2-13(8-10-6-7-10)16-14(17)11-4-3-5-12(15)9-11/h3-5,9-10,13H,2,6-8,15H2,1H3,(H,16,17). The topological polar surface area (TPSA) is 55.1 Å². The highest BCUT2D eigenvalue weighted by molar-refractivity contribution is 5.95. The van der Waals surface area contributed by atoms with Gasteiger partial charge in [0, 0.05) is 17.3 Å². The zero-order valence-corrected chi connectivity index (χ0v) is 10.3. The molecule has 0 heterocycles. The number of nitrogens with two attached hydrogens (primary N) is 1. The number of amides is 1. The second-order valence-corrected chi connectivity index (χ2v) is 4.88. The van der Waals surface area contributed by atoms with Crippen molar-refractivity contribution in [2.24, 2.45) is 5.92 Å². The number of carbonyl (C=O) groups is 1. The summed E-state index contributed by atoms with van der Waals surface area (Å²) in [5, 5.41) is 3.09. The lowest BCUT2D eigenvalue weighted by molar-refractivity contribution is 0.0932. The van der Waals surface area contributed by atoms with E-state index >= 15 is 0 Å². The van der Waals surface area contributed by atoms with Gasteiger partial charge in [0.1, 0.15) is 0 Å². The molecule has 1 fully saturated rings. The largest absolute Gasteiger partial charge is 0.399 e. The van der Waals surface area contributed by atoms with Crippen molar-refractivity contribution >= 4 is 11.6 Å². The monoisotopic (exact) mass is 232 g/mol. The van der Waals surface area contributed by atoms with Crippen molar-refractivity contribution in [3.05, 3.63) is 29.8 Å². The Bertz CT molecular complexity index is 399. The summed E-state index contributed by atoms with van der Waals surface area (Å²) in [6, 6.07) is 7.43. The van der Waals surface area contributed by atoms with E-state index in [0.717, 1.165) is 18.8 Å². The molecule has 0 aliphatic heterocycles. The van der Waals surface area contributed by atoms with Gasteiger partial charge in [-0.05, 0) is 37.0 Å². The molecule has 0 saturated heterocycles. The van der Waals surface area contributed by atoms with Crippen LogP contribution in [0.3, 0.4) is 0 Å². The molecular weight excluding hydrogens is 212 g/mol. The molecule has 0 aromatic heterocycles. The van der Waals surface area contributed by atoms with Gasteiger partial charge in [0.2, 0.25) is 0 Å². The molecule has 1 unspecified atom stereocenters. The number of benzene rings is 1. The summed E-state index contributed by atoms with van der Waals surface area (Å²) in [5.74, 6) is 0.825. The molecule has 3 N–H and O–H groups in total. The van der Waals surface area contributed by atoms with Crippen molar-refractivity contribution in [2.75, 3.05) is 5.73 Å². The number of carbonyl (C=O) groups excluding carboxylic acids is 1.